The van der Waals surface area contributed by atoms with Crippen molar-refractivity contribution in [1.82, 2.24) is 0 Å². The fourth-order valence-corrected chi connectivity index (χ4v) is 4.01. The van der Waals surface area contributed by atoms with Gasteiger partial charge in [-0.3, -0.25) is 9.59 Å². The van der Waals surface area contributed by atoms with Gasteiger partial charge in [0.05, 0.1) is 10.4 Å². The monoisotopic (exact) mass is 403 g/mol. The minimum absolute atomic E-state index is 0.183. The summed E-state index contributed by atoms with van der Waals surface area (Å²) in [5.41, 5.74) is 3.64. The minimum atomic E-state index is -0.289. The molecular weight excluding hydrogens is 382 g/mol. The van der Waals surface area contributed by atoms with Crippen molar-refractivity contribution in [3.05, 3.63) is 81.7 Å². The van der Waals surface area contributed by atoms with E-state index in [0.29, 0.717) is 33.8 Å². The number of para-hydroxylation sites is 1. The van der Waals surface area contributed by atoms with Gasteiger partial charge in [0.15, 0.2) is 0 Å². The van der Waals surface area contributed by atoms with Crippen LogP contribution in [0, 0.1) is 25.2 Å². The molecule has 0 spiro atoms. The van der Waals surface area contributed by atoms with Gasteiger partial charge in [0, 0.05) is 12.1 Å². The molecule has 6 heteroatoms. The lowest BCUT2D eigenvalue weighted by atomic mass is 10.1. The number of aryl methyl sites for hydroxylation is 2. The highest BCUT2D eigenvalue weighted by molar-refractivity contribution is 7.18. The van der Waals surface area contributed by atoms with Crippen LogP contribution in [0.25, 0.3) is 0 Å². The number of amides is 2. The lowest BCUT2D eigenvalue weighted by Gasteiger charge is -2.07. The molecule has 1 aromatic heterocycles. The van der Waals surface area contributed by atoms with Crippen molar-refractivity contribution in [3.63, 3.8) is 0 Å². The molecule has 0 aliphatic carbocycles. The molecule has 2 amide bonds. The summed E-state index contributed by atoms with van der Waals surface area (Å²) in [6.45, 7) is 3.64. The topological polar surface area (TPSA) is 82.0 Å². The third-order valence-electron chi connectivity index (χ3n) is 4.59. The Balaban J connectivity index is 1.73. The standard InChI is InChI=1S/C23H21N3O2S/c1-15-8-6-7-11-19(15)25-22(28)21-16(2)18(14-24)23(29-21)26-20(27)13-12-17-9-4-3-5-10-17/h3-11H,12-13H2,1-2H3,(H,25,28)(H,26,27). The summed E-state index contributed by atoms with van der Waals surface area (Å²) in [5, 5.41) is 15.6. The van der Waals surface area contributed by atoms with Crippen LogP contribution in [0.3, 0.4) is 0 Å². The van der Waals surface area contributed by atoms with Crippen LogP contribution in [-0.2, 0) is 11.2 Å². The summed E-state index contributed by atoms with van der Waals surface area (Å²) < 4.78 is 0. The maximum absolute atomic E-state index is 12.7. The molecule has 146 valence electrons. The number of thiophene rings is 1. The van der Waals surface area contributed by atoms with E-state index < -0.39 is 0 Å². The summed E-state index contributed by atoms with van der Waals surface area (Å²) in [6, 6.07) is 19.3. The molecule has 2 N–H and O–H groups in total. The number of anilines is 2. The molecule has 0 fully saturated rings. The Morgan fingerprint density at radius 2 is 1.69 bits per heavy atom. The maximum atomic E-state index is 12.7. The van der Waals surface area contributed by atoms with Gasteiger partial charge in [0.25, 0.3) is 5.91 Å². The average molecular weight is 404 g/mol. The highest BCUT2D eigenvalue weighted by Gasteiger charge is 2.21. The molecule has 3 rings (SSSR count). The van der Waals surface area contributed by atoms with Crippen LogP contribution < -0.4 is 10.6 Å². The van der Waals surface area contributed by atoms with Gasteiger partial charge in [0.2, 0.25) is 5.91 Å². The molecule has 5 nitrogen and oxygen atoms in total. The summed E-state index contributed by atoms with van der Waals surface area (Å²) in [5.74, 6) is -0.472. The summed E-state index contributed by atoms with van der Waals surface area (Å²) >= 11 is 1.13. The third-order valence-corrected chi connectivity index (χ3v) is 5.80. The van der Waals surface area contributed by atoms with Gasteiger partial charge in [-0.05, 0) is 43.0 Å². The van der Waals surface area contributed by atoms with Crippen molar-refractivity contribution in [2.45, 2.75) is 26.7 Å². The lowest BCUT2D eigenvalue weighted by Crippen LogP contribution is -2.12. The van der Waals surface area contributed by atoms with Crippen molar-refractivity contribution in [1.29, 1.82) is 5.26 Å². The van der Waals surface area contributed by atoms with Crippen LogP contribution in [0.4, 0.5) is 10.7 Å². The maximum Gasteiger partial charge on any atom is 0.266 e. The Labute approximate surface area is 174 Å². The van der Waals surface area contributed by atoms with Crippen molar-refractivity contribution < 1.29 is 9.59 Å². The van der Waals surface area contributed by atoms with E-state index >= 15 is 0 Å². The van der Waals surface area contributed by atoms with Gasteiger partial charge in [-0.15, -0.1) is 11.3 Å². The molecule has 0 atom stereocenters. The molecule has 0 unspecified atom stereocenters. The van der Waals surface area contributed by atoms with E-state index in [9.17, 15) is 14.9 Å². The Morgan fingerprint density at radius 1 is 1.00 bits per heavy atom. The first-order valence-electron chi connectivity index (χ1n) is 9.24. The second-order valence-electron chi connectivity index (χ2n) is 6.67. The van der Waals surface area contributed by atoms with Gasteiger partial charge in [-0.2, -0.15) is 5.26 Å². The number of benzene rings is 2. The van der Waals surface area contributed by atoms with Crippen LogP contribution in [0.5, 0.6) is 0 Å². The number of nitriles is 1. The summed E-state index contributed by atoms with van der Waals surface area (Å²) in [6.07, 6.45) is 0.913. The molecular formula is C23H21N3O2S. The molecule has 2 aromatic carbocycles. The Morgan fingerprint density at radius 3 is 2.38 bits per heavy atom. The summed E-state index contributed by atoms with van der Waals surface area (Å²) in [7, 11) is 0. The Kier molecular flexibility index (Phi) is 6.43. The Hall–Kier alpha value is -3.43. The normalized spacial score (nSPS) is 10.2. The van der Waals surface area contributed by atoms with Crippen LogP contribution in [0.15, 0.2) is 54.6 Å². The second kappa shape index (κ2) is 9.18. The quantitative estimate of drug-likeness (QED) is 0.603. The number of carbonyl (C=O) groups is 2. The molecule has 0 saturated heterocycles. The van der Waals surface area contributed by atoms with Gasteiger partial charge in [0.1, 0.15) is 11.1 Å². The van der Waals surface area contributed by atoms with E-state index in [4.69, 9.17) is 0 Å². The first kappa shape index (κ1) is 20.3. The van der Waals surface area contributed by atoms with Crippen molar-refractivity contribution >= 4 is 33.8 Å². The Bertz CT molecular complexity index is 1080. The fourth-order valence-electron chi connectivity index (χ4n) is 2.94. The molecule has 0 saturated carbocycles. The smallest absolute Gasteiger partial charge is 0.266 e. The van der Waals surface area contributed by atoms with Crippen LogP contribution in [0.1, 0.15) is 38.3 Å². The zero-order valence-electron chi connectivity index (χ0n) is 16.3. The van der Waals surface area contributed by atoms with E-state index in [1.54, 1.807) is 6.92 Å². The lowest BCUT2D eigenvalue weighted by molar-refractivity contribution is -0.116. The SMILES string of the molecule is Cc1ccccc1NC(=O)c1sc(NC(=O)CCc2ccccc2)c(C#N)c1C. The first-order chi connectivity index (χ1) is 14.0. The van der Waals surface area contributed by atoms with Gasteiger partial charge >= 0.3 is 0 Å². The predicted octanol–water partition coefficient (Wildman–Crippen LogP) is 5.06. The number of hydrogen-bond donors (Lipinski definition) is 2. The van der Waals surface area contributed by atoms with E-state index in [0.717, 1.165) is 28.2 Å². The highest BCUT2D eigenvalue weighted by Crippen LogP contribution is 2.33. The van der Waals surface area contributed by atoms with E-state index in [1.165, 1.54) is 0 Å². The number of hydrogen-bond acceptors (Lipinski definition) is 4. The van der Waals surface area contributed by atoms with Crippen LogP contribution in [-0.4, -0.2) is 11.8 Å². The predicted molar refractivity (Wildman–Crippen MR) is 116 cm³/mol. The van der Waals surface area contributed by atoms with E-state index in [-0.39, 0.29) is 11.8 Å². The molecule has 3 aromatic rings. The number of nitrogens with one attached hydrogen (secondary N) is 2. The van der Waals surface area contributed by atoms with Crippen molar-refractivity contribution in [3.8, 4) is 6.07 Å². The molecule has 0 radical (unpaired) electrons. The van der Waals surface area contributed by atoms with Crippen molar-refractivity contribution in [2.24, 2.45) is 0 Å². The molecule has 0 aliphatic heterocycles. The average Bonchev–Trinajstić information content (AvgIpc) is 3.04. The third kappa shape index (κ3) is 4.89. The van der Waals surface area contributed by atoms with Crippen molar-refractivity contribution in [2.75, 3.05) is 10.6 Å². The van der Waals surface area contributed by atoms with Crippen LogP contribution >= 0.6 is 11.3 Å². The summed E-state index contributed by atoms with van der Waals surface area (Å²) in [4.78, 5) is 25.5. The van der Waals surface area contributed by atoms with Gasteiger partial charge < -0.3 is 10.6 Å². The zero-order chi connectivity index (χ0) is 20.8. The van der Waals surface area contributed by atoms with E-state index in [1.807, 2.05) is 61.5 Å². The first-order valence-corrected chi connectivity index (χ1v) is 10.1. The fraction of sp³-hybridized carbons (Fsp3) is 0.174. The zero-order valence-corrected chi connectivity index (χ0v) is 17.1. The second-order valence-corrected chi connectivity index (χ2v) is 7.70. The number of rotatable bonds is 6. The van der Waals surface area contributed by atoms with Gasteiger partial charge in [-0.1, -0.05) is 48.5 Å². The number of carbonyl (C=O) groups excluding carboxylic acids is 2. The van der Waals surface area contributed by atoms with Gasteiger partial charge in [-0.25, -0.2) is 0 Å². The molecule has 0 bridgehead atoms. The van der Waals surface area contributed by atoms with E-state index in [2.05, 4.69) is 16.7 Å². The highest BCUT2D eigenvalue weighted by atomic mass is 32.1. The molecule has 0 aliphatic rings. The molecule has 29 heavy (non-hydrogen) atoms. The number of nitrogens with zero attached hydrogens (tertiary/aromatic N) is 1. The molecule has 1 heterocycles. The minimum Gasteiger partial charge on any atom is -0.321 e. The van der Waals surface area contributed by atoms with Crippen LogP contribution in [0.2, 0.25) is 0 Å². The largest absolute Gasteiger partial charge is 0.321 e.